The second kappa shape index (κ2) is 9.70. The number of methoxy groups -OCH3 is 1. The van der Waals surface area contributed by atoms with Gasteiger partial charge in [0.2, 0.25) is 6.79 Å². The first-order valence-electron chi connectivity index (χ1n) is 12.5. The number of carbonyl (C=O) groups excluding carboxylic acids is 2. The Morgan fingerprint density at radius 3 is 2.58 bits per heavy atom. The van der Waals surface area contributed by atoms with Crippen LogP contribution in [0.25, 0.3) is 0 Å². The third-order valence-corrected chi connectivity index (χ3v) is 7.30. The van der Waals surface area contributed by atoms with Gasteiger partial charge in [-0.2, -0.15) is 0 Å². The van der Waals surface area contributed by atoms with Crippen molar-refractivity contribution in [3.63, 3.8) is 0 Å². The molecule has 8 heteroatoms. The van der Waals surface area contributed by atoms with Gasteiger partial charge in [-0.15, -0.1) is 0 Å². The van der Waals surface area contributed by atoms with E-state index in [1.807, 2.05) is 55.5 Å². The van der Waals surface area contributed by atoms with E-state index < -0.39 is 5.92 Å². The standard InChI is InChI=1S/C30H27N3O5/c1-17-27(30(35)33-26-5-3-4-12-31-26)28(19-8-11-24-25(15-19)38-16-37-24)29-22(32-17)13-20(14-23(29)34)18-6-9-21(36-2)10-7-18/h3-12,15,20,28,32H,13-14,16H2,1-2H3,(H,31,33,35). The lowest BCUT2D eigenvalue weighted by Gasteiger charge is -2.37. The third kappa shape index (κ3) is 4.28. The Morgan fingerprint density at radius 1 is 1.03 bits per heavy atom. The summed E-state index contributed by atoms with van der Waals surface area (Å²) >= 11 is 0. The molecular weight excluding hydrogens is 482 g/mol. The maximum absolute atomic E-state index is 13.8. The number of pyridine rings is 1. The summed E-state index contributed by atoms with van der Waals surface area (Å²) in [6.07, 6.45) is 2.62. The number of allylic oxidation sites excluding steroid dienone is 3. The Bertz CT molecular complexity index is 1480. The molecule has 192 valence electrons. The van der Waals surface area contributed by atoms with Crippen LogP contribution >= 0.6 is 0 Å². The van der Waals surface area contributed by atoms with Gasteiger partial charge < -0.3 is 24.8 Å². The second-order valence-corrected chi connectivity index (χ2v) is 9.57. The molecule has 1 amide bonds. The van der Waals surface area contributed by atoms with E-state index in [4.69, 9.17) is 14.2 Å². The number of carbonyl (C=O) groups is 2. The Labute approximate surface area is 220 Å². The lowest BCUT2D eigenvalue weighted by Crippen LogP contribution is -2.37. The van der Waals surface area contributed by atoms with Gasteiger partial charge in [-0.25, -0.2) is 4.98 Å². The molecule has 2 aliphatic heterocycles. The highest BCUT2D eigenvalue weighted by Gasteiger charge is 2.41. The van der Waals surface area contributed by atoms with Crippen molar-refractivity contribution in [2.75, 3.05) is 19.2 Å². The van der Waals surface area contributed by atoms with Crippen LogP contribution in [0.2, 0.25) is 0 Å². The minimum absolute atomic E-state index is 0.0119. The number of ether oxygens (including phenoxy) is 3. The number of dihydropyridines is 1. The van der Waals surface area contributed by atoms with Gasteiger partial charge >= 0.3 is 0 Å². The van der Waals surface area contributed by atoms with Crippen molar-refractivity contribution in [3.8, 4) is 17.2 Å². The molecule has 0 spiro atoms. The summed E-state index contributed by atoms with van der Waals surface area (Å²) in [7, 11) is 1.63. The first-order valence-corrected chi connectivity index (χ1v) is 12.5. The van der Waals surface area contributed by atoms with E-state index in [1.165, 1.54) is 0 Å². The fourth-order valence-corrected chi connectivity index (χ4v) is 5.50. The zero-order valence-corrected chi connectivity index (χ0v) is 21.1. The van der Waals surface area contributed by atoms with E-state index in [-0.39, 0.29) is 24.4 Å². The number of anilines is 1. The Balaban J connectivity index is 1.40. The summed E-state index contributed by atoms with van der Waals surface area (Å²) in [4.78, 5) is 31.7. The van der Waals surface area contributed by atoms with Crippen LogP contribution in [-0.2, 0) is 9.59 Å². The largest absolute Gasteiger partial charge is 0.497 e. The number of rotatable bonds is 5. The minimum atomic E-state index is -0.561. The van der Waals surface area contributed by atoms with Gasteiger partial charge in [-0.05, 0) is 66.8 Å². The summed E-state index contributed by atoms with van der Waals surface area (Å²) < 4.78 is 16.4. The second-order valence-electron chi connectivity index (χ2n) is 9.57. The van der Waals surface area contributed by atoms with Crippen LogP contribution in [0.5, 0.6) is 17.2 Å². The molecule has 2 atom stereocenters. The number of Topliss-reactive ketones (excluding diaryl/α,β-unsaturated/α-hetero) is 1. The highest BCUT2D eigenvalue weighted by Crippen LogP contribution is 2.47. The maximum Gasteiger partial charge on any atom is 0.255 e. The molecule has 0 saturated carbocycles. The summed E-state index contributed by atoms with van der Waals surface area (Å²) in [6.45, 7) is 2.02. The monoisotopic (exact) mass is 509 g/mol. The number of aromatic nitrogens is 1. The first-order chi connectivity index (χ1) is 18.5. The van der Waals surface area contributed by atoms with Crippen molar-refractivity contribution in [2.24, 2.45) is 0 Å². The molecule has 1 aliphatic carbocycles. The number of hydrogen-bond acceptors (Lipinski definition) is 7. The molecule has 0 saturated heterocycles. The molecule has 3 heterocycles. The summed E-state index contributed by atoms with van der Waals surface area (Å²) in [5.74, 6) is 1.62. The average molecular weight is 510 g/mol. The molecule has 3 aliphatic rings. The zero-order valence-electron chi connectivity index (χ0n) is 21.1. The Kier molecular flexibility index (Phi) is 6.07. The lowest BCUT2D eigenvalue weighted by atomic mass is 9.71. The quantitative estimate of drug-likeness (QED) is 0.509. The van der Waals surface area contributed by atoms with E-state index >= 15 is 0 Å². The van der Waals surface area contributed by atoms with Crippen LogP contribution in [-0.4, -0.2) is 30.6 Å². The summed E-state index contributed by atoms with van der Waals surface area (Å²) in [6, 6.07) is 18.8. The van der Waals surface area contributed by atoms with Crippen molar-refractivity contribution in [1.29, 1.82) is 0 Å². The maximum atomic E-state index is 13.8. The number of benzene rings is 2. The smallest absolute Gasteiger partial charge is 0.255 e. The van der Waals surface area contributed by atoms with E-state index in [2.05, 4.69) is 15.6 Å². The highest BCUT2D eigenvalue weighted by molar-refractivity contribution is 6.09. The molecule has 2 unspecified atom stereocenters. The predicted molar refractivity (Wildman–Crippen MR) is 141 cm³/mol. The van der Waals surface area contributed by atoms with Gasteiger partial charge in [0.25, 0.3) is 5.91 Å². The van der Waals surface area contributed by atoms with Crippen molar-refractivity contribution in [1.82, 2.24) is 10.3 Å². The molecule has 8 nitrogen and oxygen atoms in total. The van der Waals surface area contributed by atoms with Crippen LogP contribution in [0.1, 0.15) is 42.7 Å². The van der Waals surface area contributed by atoms with Gasteiger partial charge in [0.05, 0.1) is 7.11 Å². The van der Waals surface area contributed by atoms with Gasteiger partial charge in [-0.3, -0.25) is 9.59 Å². The van der Waals surface area contributed by atoms with Gasteiger partial charge in [0.15, 0.2) is 17.3 Å². The highest BCUT2D eigenvalue weighted by atomic mass is 16.7. The van der Waals surface area contributed by atoms with E-state index in [0.29, 0.717) is 47.0 Å². The number of ketones is 1. The molecule has 38 heavy (non-hydrogen) atoms. The molecule has 2 aromatic carbocycles. The number of nitrogens with one attached hydrogen (secondary N) is 2. The number of fused-ring (bicyclic) bond motifs is 1. The minimum Gasteiger partial charge on any atom is -0.497 e. The van der Waals surface area contributed by atoms with Gasteiger partial charge in [0, 0.05) is 41.1 Å². The number of amides is 1. The fraction of sp³-hybridized carbons (Fsp3) is 0.233. The molecule has 2 N–H and O–H groups in total. The van der Waals surface area contributed by atoms with Crippen molar-refractivity contribution < 1.29 is 23.8 Å². The van der Waals surface area contributed by atoms with Crippen molar-refractivity contribution in [2.45, 2.75) is 31.6 Å². The fourth-order valence-electron chi connectivity index (χ4n) is 5.50. The SMILES string of the molecule is COc1ccc(C2CC(=O)C3=C(C2)NC(C)=C(C(=O)Nc2ccccn2)C3c2ccc3c(c2)OCO3)cc1. The van der Waals surface area contributed by atoms with E-state index in [1.54, 1.807) is 25.4 Å². The Hall–Kier alpha value is -4.59. The van der Waals surface area contributed by atoms with Crippen molar-refractivity contribution >= 4 is 17.5 Å². The predicted octanol–water partition coefficient (Wildman–Crippen LogP) is 4.82. The van der Waals surface area contributed by atoms with E-state index in [9.17, 15) is 9.59 Å². The molecule has 0 radical (unpaired) electrons. The van der Waals surface area contributed by atoms with Crippen LogP contribution in [0, 0.1) is 0 Å². The van der Waals surface area contributed by atoms with Crippen LogP contribution in [0.3, 0.4) is 0 Å². The third-order valence-electron chi connectivity index (χ3n) is 7.30. The van der Waals surface area contributed by atoms with Gasteiger partial charge in [0.1, 0.15) is 11.6 Å². The molecule has 0 fully saturated rings. The average Bonchev–Trinajstić information content (AvgIpc) is 3.41. The first kappa shape index (κ1) is 23.8. The number of nitrogens with zero attached hydrogens (tertiary/aromatic N) is 1. The number of hydrogen-bond donors (Lipinski definition) is 2. The molecule has 1 aromatic heterocycles. The molecule has 6 rings (SSSR count). The van der Waals surface area contributed by atoms with Crippen LogP contribution < -0.4 is 24.8 Å². The van der Waals surface area contributed by atoms with E-state index in [0.717, 1.165) is 22.6 Å². The van der Waals surface area contributed by atoms with Gasteiger partial charge in [-0.1, -0.05) is 24.3 Å². The summed E-state index contributed by atoms with van der Waals surface area (Å²) in [5, 5.41) is 6.32. The van der Waals surface area contributed by atoms with Crippen LogP contribution in [0.4, 0.5) is 5.82 Å². The van der Waals surface area contributed by atoms with Crippen LogP contribution in [0.15, 0.2) is 89.4 Å². The lowest BCUT2D eigenvalue weighted by molar-refractivity contribution is -0.116. The Morgan fingerprint density at radius 2 is 1.82 bits per heavy atom. The topological polar surface area (TPSA) is 98.8 Å². The molecule has 3 aromatic rings. The molecule has 0 bridgehead atoms. The zero-order chi connectivity index (χ0) is 26.2. The summed E-state index contributed by atoms with van der Waals surface area (Å²) in [5.41, 5.74) is 4.51. The molecular formula is C30H27N3O5. The normalized spacial score (nSPS) is 20.1. The van der Waals surface area contributed by atoms with Crippen molar-refractivity contribution in [3.05, 3.63) is 101 Å².